The van der Waals surface area contributed by atoms with Gasteiger partial charge in [0.25, 0.3) is 0 Å². The number of thiophene rings is 1. The number of amides is 1. The minimum absolute atomic E-state index is 0.143. The molecule has 5 heteroatoms. The Balaban J connectivity index is 1.85. The third-order valence-electron chi connectivity index (χ3n) is 4.22. The Morgan fingerprint density at radius 3 is 2.55 bits per heavy atom. The molecule has 0 saturated heterocycles. The highest BCUT2D eigenvalue weighted by Crippen LogP contribution is 2.34. The van der Waals surface area contributed by atoms with Gasteiger partial charge in [0, 0.05) is 18.0 Å². The van der Waals surface area contributed by atoms with Crippen LogP contribution < -0.4 is 11.1 Å². The van der Waals surface area contributed by atoms with Crippen molar-refractivity contribution in [2.45, 2.75) is 44.9 Å². The standard InChI is InChI=1S/C15H23ClN2OS/c16-13-6-5-12(20-13)7-10-18-14(19)15(11-17)8-3-1-2-4-9-15/h5-6H,1-4,7-11,17H2,(H,18,19). The predicted octanol–water partition coefficient (Wildman–Crippen LogP) is 3.36. The Hall–Kier alpha value is -0.580. The molecule has 3 N–H and O–H groups in total. The number of halogens is 1. The van der Waals surface area contributed by atoms with E-state index in [1.165, 1.54) is 17.7 Å². The van der Waals surface area contributed by atoms with Gasteiger partial charge in [-0.3, -0.25) is 4.79 Å². The molecule has 0 bridgehead atoms. The Labute approximate surface area is 129 Å². The molecule has 0 spiro atoms. The van der Waals surface area contributed by atoms with Gasteiger partial charge in [-0.25, -0.2) is 0 Å². The second kappa shape index (κ2) is 7.43. The fourth-order valence-corrected chi connectivity index (χ4v) is 3.99. The Bertz CT molecular complexity index is 439. The normalized spacial score (nSPS) is 18.5. The first-order chi connectivity index (χ1) is 9.66. The largest absolute Gasteiger partial charge is 0.355 e. The molecular formula is C15H23ClN2OS. The van der Waals surface area contributed by atoms with Crippen LogP contribution in [0.15, 0.2) is 12.1 Å². The number of rotatable bonds is 5. The van der Waals surface area contributed by atoms with Crippen molar-refractivity contribution in [2.24, 2.45) is 11.1 Å². The fraction of sp³-hybridized carbons (Fsp3) is 0.667. The molecule has 1 amide bonds. The molecular weight excluding hydrogens is 292 g/mol. The molecule has 1 aromatic heterocycles. The van der Waals surface area contributed by atoms with Gasteiger partial charge in [-0.15, -0.1) is 11.3 Å². The number of nitrogens with two attached hydrogens (primary N) is 1. The van der Waals surface area contributed by atoms with E-state index in [-0.39, 0.29) is 11.3 Å². The molecule has 0 radical (unpaired) electrons. The van der Waals surface area contributed by atoms with Gasteiger partial charge < -0.3 is 11.1 Å². The van der Waals surface area contributed by atoms with Crippen LogP contribution in [0.1, 0.15) is 43.4 Å². The lowest BCUT2D eigenvalue weighted by atomic mass is 9.79. The molecule has 0 aromatic carbocycles. The smallest absolute Gasteiger partial charge is 0.227 e. The molecule has 2 rings (SSSR count). The zero-order valence-corrected chi connectivity index (χ0v) is 13.4. The summed E-state index contributed by atoms with van der Waals surface area (Å²) in [6.45, 7) is 1.13. The van der Waals surface area contributed by atoms with Crippen molar-refractivity contribution < 1.29 is 4.79 Å². The molecule has 1 heterocycles. The van der Waals surface area contributed by atoms with Gasteiger partial charge >= 0.3 is 0 Å². The molecule has 1 saturated carbocycles. The van der Waals surface area contributed by atoms with Gasteiger partial charge in [0.2, 0.25) is 5.91 Å². The minimum atomic E-state index is -0.330. The quantitative estimate of drug-likeness (QED) is 0.819. The van der Waals surface area contributed by atoms with E-state index in [4.69, 9.17) is 17.3 Å². The van der Waals surface area contributed by atoms with Gasteiger partial charge in [-0.05, 0) is 31.4 Å². The van der Waals surface area contributed by atoms with Crippen LogP contribution in [0.5, 0.6) is 0 Å². The van der Waals surface area contributed by atoms with Crippen molar-refractivity contribution >= 4 is 28.8 Å². The lowest BCUT2D eigenvalue weighted by molar-refractivity contribution is -0.131. The van der Waals surface area contributed by atoms with E-state index >= 15 is 0 Å². The summed E-state index contributed by atoms with van der Waals surface area (Å²) in [5.41, 5.74) is 5.59. The van der Waals surface area contributed by atoms with E-state index in [2.05, 4.69) is 5.32 Å². The van der Waals surface area contributed by atoms with E-state index in [0.29, 0.717) is 13.1 Å². The zero-order chi connectivity index (χ0) is 14.4. The van der Waals surface area contributed by atoms with Crippen LogP contribution in [0.25, 0.3) is 0 Å². The summed E-state index contributed by atoms with van der Waals surface area (Å²) in [5, 5.41) is 3.07. The Morgan fingerprint density at radius 2 is 2.00 bits per heavy atom. The highest BCUT2D eigenvalue weighted by Gasteiger charge is 2.36. The van der Waals surface area contributed by atoms with Crippen molar-refractivity contribution in [3.63, 3.8) is 0 Å². The van der Waals surface area contributed by atoms with E-state index < -0.39 is 0 Å². The van der Waals surface area contributed by atoms with Crippen LogP contribution in [0.2, 0.25) is 4.34 Å². The fourth-order valence-electron chi connectivity index (χ4n) is 2.90. The van der Waals surface area contributed by atoms with Gasteiger partial charge in [0.1, 0.15) is 0 Å². The average molecular weight is 315 g/mol. The molecule has 3 nitrogen and oxygen atoms in total. The van der Waals surface area contributed by atoms with Gasteiger partial charge in [-0.2, -0.15) is 0 Å². The molecule has 1 aromatic rings. The maximum Gasteiger partial charge on any atom is 0.227 e. The van der Waals surface area contributed by atoms with Crippen molar-refractivity contribution in [2.75, 3.05) is 13.1 Å². The summed E-state index contributed by atoms with van der Waals surface area (Å²) in [5.74, 6) is 0.143. The summed E-state index contributed by atoms with van der Waals surface area (Å²) < 4.78 is 0.800. The Kier molecular flexibility index (Phi) is 5.87. The molecule has 1 fully saturated rings. The molecule has 0 unspecified atom stereocenters. The van der Waals surface area contributed by atoms with Gasteiger partial charge in [-0.1, -0.05) is 37.3 Å². The summed E-state index contributed by atoms with van der Waals surface area (Å²) in [6.07, 6.45) is 7.38. The van der Waals surface area contributed by atoms with Crippen LogP contribution in [0, 0.1) is 5.41 Å². The number of nitrogens with one attached hydrogen (secondary N) is 1. The second-order valence-electron chi connectivity index (χ2n) is 5.61. The molecule has 1 aliphatic carbocycles. The van der Waals surface area contributed by atoms with Crippen LogP contribution >= 0.6 is 22.9 Å². The van der Waals surface area contributed by atoms with Crippen molar-refractivity contribution in [3.05, 3.63) is 21.3 Å². The molecule has 112 valence electrons. The van der Waals surface area contributed by atoms with E-state index in [1.807, 2.05) is 12.1 Å². The van der Waals surface area contributed by atoms with Crippen molar-refractivity contribution in [1.82, 2.24) is 5.32 Å². The highest BCUT2D eigenvalue weighted by molar-refractivity contribution is 7.16. The molecule has 0 aliphatic heterocycles. The summed E-state index contributed by atoms with van der Waals surface area (Å²) >= 11 is 7.47. The molecule has 1 aliphatic rings. The lowest BCUT2D eigenvalue weighted by Gasteiger charge is -2.29. The average Bonchev–Trinajstić information content (AvgIpc) is 2.73. The lowest BCUT2D eigenvalue weighted by Crippen LogP contribution is -2.46. The van der Waals surface area contributed by atoms with Crippen molar-refractivity contribution in [3.8, 4) is 0 Å². The molecule has 20 heavy (non-hydrogen) atoms. The number of carbonyl (C=O) groups is 1. The summed E-state index contributed by atoms with van der Waals surface area (Å²) in [6, 6.07) is 3.92. The summed E-state index contributed by atoms with van der Waals surface area (Å²) in [7, 11) is 0. The third-order valence-corrected chi connectivity index (χ3v) is 5.51. The Morgan fingerprint density at radius 1 is 1.30 bits per heavy atom. The first-order valence-corrected chi connectivity index (χ1v) is 8.58. The van der Waals surface area contributed by atoms with E-state index in [1.54, 1.807) is 11.3 Å². The third kappa shape index (κ3) is 3.96. The summed E-state index contributed by atoms with van der Waals surface area (Å²) in [4.78, 5) is 13.7. The van der Waals surface area contributed by atoms with Crippen LogP contribution in [0.3, 0.4) is 0 Å². The first kappa shape index (κ1) is 15.8. The first-order valence-electron chi connectivity index (χ1n) is 7.39. The topological polar surface area (TPSA) is 55.1 Å². The SMILES string of the molecule is NCC1(C(=O)NCCc2ccc(Cl)s2)CCCCCC1. The van der Waals surface area contributed by atoms with Crippen LogP contribution in [-0.4, -0.2) is 19.0 Å². The van der Waals surface area contributed by atoms with Crippen LogP contribution in [-0.2, 0) is 11.2 Å². The number of hydrogen-bond donors (Lipinski definition) is 2. The van der Waals surface area contributed by atoms with Crippen LogP contribution in [0.4, 0.5) is 0 Å². The maximum atomic E-state index is 12.5. The minimum Gasteiger partial charge on any atom is -0.355 e. The van der Waals surface area contributed by atoms with E-state index in [9.17, 15) is 4.79 Å². The zero-order valence-electron chi connectivity index (χ0n) is 11.8. The van der Waals surface area contributed by atoms with Gasteiger partial charge in [0.15, 0.2) is 0 Å². The van der Waals surface area contributed by atoms with Crippen molar-refractivity contribution in [1.29, 1.82) is 0 Å². The monoisotopic (exact) mass is 314 g/mol. The van der Waals surface area contributed by atoms with Gasteiger partial charge in [0.05, 0.1) is 9.75 Å². The number of hydrogen-bond acceptors (Lipinski definition) is 3. The van der Waals surface area contributed by atoms with E-state index in [0.717, 1.165) is 36.4 Å². The highest BCUT2D eigenvalue weighted by atomic mass is 35.5. The molecule has 0 atom stereocenters. The second-order valence-corrected chi connectivity index (χ2v) is 7.41. The maximum absolute atomic E-state index is 12.5. The predicted molar refractivity (Wildman–Crippen MR) is 85.2 cm³/mol. The number of carbonyl (C=O) groups excluding carboxylic acids is 1.